The van der Waals surface area contributed by atoms with Crippen LogP contribution in [0.2, 0.25) is 0 Å². The van der Waals surface area contributed by atoms with Crippen LogP contribution < -0.4 is 15.4 Å². The highest BCUT2D eigenvalue weighted by molar-refractivity contribution is 14.0. The van der Waals surface area contributed by atoms with E-state index in [0.717, 1.165) is 24.7 Å². The summed E-state index contributed by atoms with van der Waals surface area (Å²) in [5.41, 5.74) is 1.23. The predicted octanol–water partition coefficient (Wildman–Crippen LogP) is 2.57. The number of nitrogens with zero attached hydrogens (tertiary/aromatic N) is 1. The van der Waals surface area contributed by atoms with E-state index in [4.69, 9.17) is 4.74 Å². The minimum atomic E-state index is 0. The molecule has 0 saturated heterocycles. The van der Waals surface area contributed by atoms with Gasteiger partial charge in [0.2, 0.25) is 0 Å². The molecule has 0 radical (unpaired) electrons. The lowest BCUT2D eigenvalue weighted by Gasteiger charge is -2.13. The number of nitrogens with one attached hydrogen (secondary N) is 2. The molecule has 2 rings (SSSR count). The third-order valence-corrected chi connectivity index (χ3v) is 3.10. The molecular weight excluding hydrogens is 365 g/mol. The molecule has 20 heavy (non-hydrogen) atoms. The van der Waals surface area contributed by atoms with E-state index in [2.05, 4.69) is 27.8 Å². The van der Waals surface area contributed by atoms with Gasteiger partial charge in [-0.25, -0.2) is 0 Å². The average molecular weight is 389 g/mol. The van der Waals surface area contributed by atoms with Gasteiger partial charge in [-0.1, -0.05) is 18.2 Å². The second-order valence-corrected chi connectivity index (χ2v) is 4.71. The quantitative estimate of drug-likeness (QED) is 0.447. The van der Waals surface area contributed by atoms with E-state index >= 15 is 0 Å². The van der Waals surface area contributed by atoms with Gasteiger partial charge >= 0.3 is 0 Å². The zero-order valence-electron chi connectivity index (χ0n) is 12.2. The van der Waals surface area contributed by atoms with Crippen molar-refractivity contribution < 1.29 is 4.74 Å². The Kier molecular flexibility index (Phi) is 7.72. The Bertz CT molecular complexity index is 433. The number of guanidine groups is 1. The van der Waals surface area contributed by atoms with E-state index < -0.39 is 0 Å². The molecule has 1 fully saturated rings. The number of halogens is 1. The molecule has 0 heterocycles. The first-order valence-electron chi connectivity index (χ1n) is 7.01. The van der Waals surface area contributed by atoms with Gasteiger partial charge in [0, 0.05) is 19.6 Å². The summed E-state index contributed by atoms with van der Waals surface area (Å²) in [6.07, 6.45) is 3.45. The number of para-hydroxylation sites is 1. The molecule has 0 atom stereocenters. The Balaban J connectivity index is 0.00000200. The average Bonchev–Trinajstić information content (AvgIpc) is 3.24. The van der Waals surface area contributed by atoms with E-state index in [1.54, 1.807) is 0 Å². The van der Waals surface area contributed by atoms with Crippen molar-refractivity contribution in [3.05, 3.63) is 29.8 Å². The lowest BCUT2D eigenvalue weighted by molar-refractivity contribution is 0.336. The number of ether oxygens (including phenoxy) is 1. The molecular formula is C15H24IN3O. The number of hydrogen-bond donors (Lipinski definition) is 2. The van der Waals surface area contributed by atoms with E-state index in [9.17, 15) is 0 Å². The van der Waals surface area contributed by atoms with E-state index in [-0.39, 0.29) is 24.0 Å². The van der Waals surface area contributed by atoms with Crippen LogP contribution in [0.4, 0.5) is 0 Å². The summed E-state index contributed by atoms with van der Waals surface area (Å²) in [7, 11) is 1.81. The molecule has 0 aromatic heterocycles. The standard InChI is InChI=1S/C15H23N3O.HI/c1-3-19-14-7-5-4-6-12(14)10-11-17-15(16-2)18-13-8-9-13;/h4-7,13H,3,8-11H2,1-2H3,(H2,16,17,18);1H. The monoisotopic (exact) mass is 389 g/mol. The summed E-state index contributed by atoms with van der Waals surface area (Å²) in [4.78, 5) is 4.22. The lowest BCUT2D eigenvalue weighted by atomic mass is 10.1. The molecule has 1 aromatic rings. The van der Waals surface area contributed by atoms with Gasteiger partial charge < -0.3 is 15.4 Å². The van der Waals surface area contributed by atoms with Crippen molar-refractivity contribution in [1.29, 1.82) is 0 Å². The molecule has 1 saturated carbocycles. The topological polar surface area (TPSA) is 45.6 Å². The molecule has 0 spiro atoms. The largest absolute Gasteiger partial charge is 0.494 e. The molecule has 0 unspecified atom stereocenters. The van der Waals surface area contributed by atoms with Crippen LogP contribution in [-0.2, 0) is 6.42 Å². The fourth-order valence-electron chi connectivity index (χ4n) is 1.94. The first-order chi connectivity index (χ1) is 9.33. The van der Waals surface area contributed by atoms with Crippen molar-refractivity contribution in [2.45, 2.75) is 32.2 Å². The first-order valence-corrected chi connectivity index (χ1v) is 7.01. The van der Waals surface area contributed by atoms with E-state index in [1.165, 1.54) is 18.4 Å². The van der Waals surface area contributed by atoms with Gasteiger partial charge in [-0.05, 0) is 37.8 Å². The zero-order chi connectivity index (χ0) is 13.5. The van der Waals surface area contributed by atoms with Crippen LogP contribution in [0, 0.1) is 0 Å². The van der Waals surface area contributed by atoms with Crippen LogP contribution in [0.5, 0.6) is 5.75 Å². The third kappa shape index (κ3) is 5.56. The van der Waals surface area contributed by atoms with Crippen LogP contribution in [0.1, 0.15) is 25.3 Å². The van der Waals surface area contributed by atoms with Crippen molar-refractivity contribution in [3.8, 4) is 5.75 Å². The van der Waals surface area contributed by atoms with Crippen LogP contribution >= 0.6 is 24.0 Å². The van der Waals surface area contributed by atoms with Gasteiger partial charge in [0.1, 0.15) is 5.75 Å². The van der Waals surface area contributed by atoms with Crippen LogP contribution in [0.3, 0.4) is 0 Å². The third-order valence-electron chi connectivity index (χ3n) is 3.10. The minimum Gasteiger partial charge on any atom is -0.494 e. The number of hydrogen-bond acceptors (Lipinski definition) is 2. The number of aliphatic imine (C=N–C) groups is 1. The van der Waals surface area contributed by atoms with Crippen LogP contribution in [-0.4, -0.2) is 32.2 Å². The predicted molar refractivity (Wildman–Crippen MR) is 94.2 cm³/mol. The molecule has 4 nitrogen and oxygen atoms in total. The molecule has 112 valence electrons. The highest BCUT2D eigenvalue weighted by Gasteiger charge is 2.21. The second-order valence-electron chi connectivity index (χ2n) is 4.71. The maximum atomic E-state index is 5.62. The maximum absolute atomic E-state index is 5.62. The van der Waals surface area contributed by atoms with Gasteiger partial charge in [0.05, 0.1) is 6.61 Å². The Labute approximate surface area is 138 Å². The Hall–Kier alpha value is -0.980. The molecule has 1 aromatic carbocycles. The fraction of sp³-hybridized carbons (Fsp3) is 0.533. The summed E-state index contributed by atoms with van der Waals surface area (Å²) in [5.74, 6) is 1.88. The van der Waals surface area contributed by atoms with E-state index in [1.807, 2.05) is 26.1 Å². The van der Waals surface area contributed by atoms with Gasteiger partial charge in [-0.2, -0.15) is 0 Å². The fourth-order valence-corrected chi connectivity index (χ4v) is 1.94. The summed E-state index contributed by atoms with van der Waals surface area (Å²) in [5, 5.41) is 6.72. The van der Waals surface area contributed by atoms with Crippen LogP contribution in [0.15, 0.2) is 29.3 Å². The molecule has 1 aliphatic carbocycles. The summed E-state index contributed by atoms with van der Waals surface area (Å²) in [6.45, 7) is 3.57. The van der Waals surface area contributed by atoms with Crippen molar-refractivity contribution >= 4 is 29.9 Å². The Morgan fingerprint density at radius 2 is 2.10 bits per heavy atom. The van der Waals surface area contributed by atoms with E-state index in [0.29, 0.717) is 12.6 Å². The highest BCUT2D eigenvalue weighted by atomic mass is 127. The highest BCUT2D eigenvalue weighted by Crippen LogP contribution is 2.19. The van der Waals surface area contributed by atoms with Gasteiger partial charge in [0.15, 0.2) is 5.96 Å². The second kappa shape index (κ2) is 9.05. The van der Waals surface area contributed by atoms with Gasteiger partial charge in [-0.15, -0.1) is 24.0 Å². The van der Waals surface area contributed by atoms with Crippen molar-refractivity contribution in [3.63, 3.8) is 0 Å². The Morgan fingerprint density at radius 1 is 1.35 bits per heavy atom. The van der Waals surface area contributed by atoms with Crippen molar-refractivity contribution in [2.24, 2.45) is 4.99 Å². The smallest absolute Gasteiger partial charge is 0.191 e. The molecule has 1 aliphatic rings. The SMILES string of the molecule is CCOc1ccccc1CCNC(=NC)NC1CC1.I. The number of rotatable bonds is 6. The summed E-state index contributed by atoms with van der Waals surface area (Å²) in [6, 6.07) is 8.83. The Morgan fingerprint density at radius 3 is 2.75 bits per heavy atom. The summed E-state index contributed by atoms with van der Waals surface area (Å²) >= 11 is 0. The molecule has 5 heteroatoms. The van der Waals surface area contributed by atoms with Crippen LogP contribution in [0.25, 0.3) is 0 Å². The first kappa shape index (κ1) is 17.1. The molecule has 0 amide bonds. The van der Waals surface area contributed by atoms with Gasteiger partial charge in [-0.3, -0.25) is 4.99 Å². The minimum absolute atomic E-state index is 0. The number of benzene rings is 1. The van der Waals surface area contributed by atoms with Gasteiger partial charge in [0.25, 0.3) is 0 Å². The van der Waals surface area contributed by atoms with Crippen molar-refractivity contribution in [1.82, 2.24) is 10.6 Å². The molecule has 2 N–H and O–H groups in total. The summed E-state index contributed by atoms with van der Waals surface area (Å²) < 4.78 is 5.62. The van der Waals surface area contributed by atoms with Crippen molar-refractivity contribution in [2.75, 3.05) is 20.2 Å². The lowest BCUT2D eigenvalue weighted by Crippen LogP contribution is -2.39. The zero-order valence-corrected chi connectivity index (χ0v) is 14.5. The maximum Gasteiger partial charge on any atom is 0.191 e. The molecule has 0 bridgehead atoms. The normalized spacial score (nSPS) is 14.4. The molecule has 0 aliphatic heterocycles.